The summed E-state index contributed by atoms with van der Waals surface area (Å²) in [5.41, 5.74) is 1.36. The Labute approximate surface area is 205 Å². The van der Waals surface area contributed by atoms with Crippen molar-refractivity contribution in [3.05, 3.63) is 23.8 Å². The number of aryl methyl sites for hydroxylation is 1. The van der Waals surface area contributed by atoms with Crippen LogP contribution >= 0.6 is 0 Å². The average molecular weight is 475 g/mol. The normalized spacial score (nSPS) is 22.7. The van der Waals surface area contributed by atoms with Crippen molar-refractivity contribution in [3.8, 4) is 11.5 Å². The van der Waals surface area contributed by atoms with E-state index in [9.17, 15) is 20.1 Å². The number of phenols is 1. The maximum Gasteiger partial charge on any atom is 0.161 e. The number of rotatable bonds is 14. The molecule has 1 aromatic rings. The van der Waals surface area contributed by atoms with Gasteiger partial charge in [-0.05, 0) is 86.8 Å². The van der Waals surface area contributed by atoms with Gasteiger partial charge in [0.05, 0.1) is 6.10 Å². The molecule has 192 valence electrons. The second-order valence-corrected chi connectivity index (χ2v) is 10.9. The van der Waals surface area contributed by atoms with Gasteiger partial charge in [-0.3, -0.25) is 4.79 Å². The fourth-order valence-electron chi connectivity index (χ4n) is 6.13. The van der Waals surface area contributed by atoms with E-state index in [0.717, 1.165) is 50.5 Å². The molecule has 0 aromatic heterocycles. The maximum atomic E-state index is 12.4. The zero-order valence-corrected chi connectivity index (χ0v) is 21.1. The lowest BCUT2D eigenvalue weighted by Crippen LogP contribution is -2.39. The number of unbranched alkanes of at least 4 members (excludes halogenated alkanes) is 2. The molecule has 3 N–H and O–H groups in total. The van der Waals surface area contributed by atoms with Gasteiger partial charge in [0.25, 0.3) is 0 Å². The van der Waals surface area contributed by atoms with Crippen molar-refractivity contribution in [3.63, 3.8) is 0 Å². The number of carbonyl (C=O) groups excluding carboxylic acids is 1. The highest BCUT2D eigenvalue weighted by molar-refractivity contribution is 5.79. The molecule has 3 atom stereocenters. The van der Waals surface area contributed by atoms with Crippen LogP contribution in [-0.2, 0) is 11.2 Å². The Morgan fingerprint density at radius 1 is 1.18 bits per heavy atom. The first-order valence-corrected chi connectivity index (χ1v) is 13.7. The van der Waals surface area contributed by atoms with Crippen molar-refractivity contribution in [2.45, 2.75) is 122 Å². The number of hydrogen-bond acceptors (Lipinski definition) is 5. The lowest BCUT2D eigenvalue weighted by Gasteiger charge is -2.43. The number of aromatic hydroxyl groups is 1. The van der Waals surface area contributed by atoms with Crippen molar-refractivity contribution in [2.24, 2.45) is 11.3 Å². The van der Waals surface area contributed by atoms with Gasteiger partial charge in [0.2, 0.25) is 0 Å². The third-order valence-electron chi connectivity index (χ3n) is 8.20. The number of Topliss-reactive ketones (excluding diaryl/α,β-unsaturated/α-hetero) is 1. The molecule has 5 heteroatoms. The quantitative estimate of drug-likeness (QED) is 0.283. The first-order valence-electron chi connectivity index (χ1n) is 13.7. The number of carbonyl (C=O) groups is 1. The Morgan fingerprint density at radius 3 is 2.71 bits per heavy atom. The predicted molar refractivity (Wildman–Crippen MR) is 135 cm³/mol. The van der Waals surface area contributed by atoms with Crippen LogP contribution in [0.4, 0.5) is 0 Å². The smallest absolute Gasteiger partial charge is 0.161 e. The predicted octanol–water partition coefficient (Wildman–Crippen LogP) is 6.11. The number of phenolic OH excluding ortho intramolecular Hbond substituents is 1. The van der Waals surface area contributed by atoms with E-state index >= 15 is 0 Å². The molecule has 1 aromatic carbocycles. The summed E-state index contributed by atoms with van der Waals surface area (Å²) in [6.07, 6.45) is 14.9. The van der Waals surface area contributed by atoms with E-state index in [1.165, 1.54) is 32.1 Å². The molecule has 34 heavy (non-hydrogen) atoms. The number of benzene rings is 1. The van der Waals surface area contributed by atoms with Gasteiger partial charge < -0.3 is 20.1 Å². The van der Waals surface area contributed by atoms with Crippen LogP contribution in [0.3, 0.4) is 0 Å². The summed E-state index contributed by atoms with van der Waals surface area (Å²) >= 11 is 0. The Morgan fingerprint density at radius 2 is 1.97 bits per heavy atom. The molecule has 5 nitrogen and oxygen atoms in total. The summed E-state index contributed by atoms with van der Waals surface area (Å²) < 4.78 is 6.49. The SMILES string of the molecule is CCCCC[C@@H](O)CC(=O)CCc1ccc(O)c(O[C@H]2CC3(CCCC3)CC[C@H]2CCCO)c1. The molecule has 1 spiro atoms. The van der Waals surface area contributed by atoms with Crippen molar-refractivity contribution in [1.82, 2.24) is 0 Å². The molecule has 2 aliphatic carbocycles. The lowest BCUT2D eigenvalue weighted by molar-refractivity contribution is -0.121. The van der Waals surface area contributed by atoms with E-state index in [1.54, 1.807) is 6.07 Å². The fraction of sp³-hybridized carbons (Fsp3) is 0.759. The van der Waals surface area contributed by atoms with Crippen LogP contribution in [-0.4, -0.2) is 39.9 Å². The van der Waals surface area contributed by atoms with Gasteiger partial charge in [0.1, 0.15) is 11.9 Å². The average Bonchev–Trinajstić information content (AvgIpc) is 3.27. The van der Waals surface area contributed by atoms with Gasteiger partial charge in [-0.25, -0.2) is 0 Å². The van der Waals surface area contributed by atoms with E-state index in [2.05, 4.69) is 6.92 Å². The number of aliphatic hydroxyl groups is 2. The largest absolute Gasteiger partial charge is 0.504 e. The Bertz CT molecular complexity index is 755. The van der Waals surface area contributed by atoms with E-state index in [1.807, 2.05) is 12.1 Å². The second-order valence-electron chi connectivity index (χ2n) is 10.9. The molecule has 0 saturated heterocycles. The molecule has 0 unspecified atom stereocenters. The van der Waals surface area contributed by atoms with E-state index in [-0.39, 0.29) is 30.7 Å². The molecule has 0 amide bonds. The molecule has 0 aliphatic heterocycles. The number of ether oxygens (including phenoxy) is 1. The molecular weight excluding hydrogens is 428 g/mol. The number of aliphatic hydroxyl groups excluding tert-OH is 2. The second kappa shape index (κ2) is 13.5. The molecule has 0 heterocycles. The standard InChI is InChI=1S/C29H46O5/c1-2-3-4-9-24(31)20-25(32)12-10-22-11-13-26(33)27(19-22)34-28-21-29(15-5-6-16-29)17-14-23(28)8-7-18-30/h11,13,19,23-24,28,30-31,33H,2-10,12,14-18,20-21H2,1H3/t23-,24-,28+/m1/s1. The zero-order valence-electron chi connectivity index (χ0n) is 21.1. The van der Waals surface area contributed by atoms with Gasteiger partial charge >= 0.3 is 0 Å². The first kappa shape index (κ1) is 27.0. The topological polar surface area (TPSA) is 87.0 Å². The van der Waals surface area contributed by atoms with Crippen molar-refractivity contribution >= 4 is 5.78 Å². The van der Waals surface area contributed by atoms with Crippen LogP contribution in [0, 0.1) is 11.3 Å². The number of ketones is 1. The van der Waals surface area contributed by atoms with Gasteiger partial charge in [0, 0.05) is 19.4 Å². The van der Waals surface area contributed by atoms with E-state index in [4.69, 9.17) is 4.74 Å². The summed E-state index contributed by atoms with van der Waals surface area (Å²) in [7, 11) is 0. The minimum atomic E-state index is -0.539. The molecule has 2 saturated carbocycles. The fourth-order valence-corrected chi connectivity index (χ4v) is 6.13. The van der Waals surface area contributed by atoms with Crippen LogP contribution in [0.5, 0.6) is 11.5 Å². The molecule has 2 aliphatic rings. The van der Waals surface area contributed by atoms with Crippen LogP contribution in [0.15, 0.2) is 18.2 Å². The van der Waals surface area contributed by atoms with Crippen LogP contribution in [0.2, 0.25) is 0 Å². The Kier molecular flexibility index (Phi) is 10.7. The molecule has 2 fully saturated rings. The zero-order chi connectivity index (χ0) is 24.4. The highest BCUT2D eigenvalue weighted by atomic mass is 16.5. The third-order valence-corrected chi connectivity index (χ3v) is 8.20. The first-order chi connectivity index (χ1) is 16.4. The summed E-state index contributed by atoms with van der Waals surface area (Å²) in [6, 6.07) is 5.42. The Hall–Kier alpha value is -1.59. The molecule has 0 radical (unpaired) electrons. The van der Waals surface area contributed by atoms with Crippen LogP contribution in [0.25, 0.3) is 0 Å². The summed E-state index contributed by atoms with van der Waals surface area (Å²) in [4.78, 5) is 12.4. The summed E-state index contributed by atoms with van der Waals surface area (Å²) in [6.45, 7) is 2.33. The minimum Gasteiger partial charge on any atom is -0.504 e. The van der Waals surface area contributed by atoms with Crippen molar-refractivity contribution in [2.75, 3.05) is 6.61 Å². The molecule has 3 rings (SSSR count). The Balaban J connectivity index is 1.58. The van der Waals surface area contributed by atoms with E-state index < -0.39 is 6.10 Å². The lowest BCUT2D eigenvalue weighted by atomic mass is 9.67. The highest BCUT2D eigenvalue weighted by Crippen LogP contribution is 2.52. The van der Waals surface area contributed by atoms with Crippen molar-refractivity contribution < 1.29 is 24.9 Å². The maximum absolute atomic E-state index is 12.4. The summed E-state index contributed by atoms with van der Waals surface area (Å²) in [5.74, 6) is 1.14. The van der Waals surface area contributed by atoms with E-state index in [0.29, 0.717) is 36.3 Å². The van der Waals surface area contributed by atoms with Gasteiger partial charge in [-0.2, -0.15) is 0 Å². The minimum absolute atomic E-state index is 0.0550. The highest BCUT2D eigenvalue weighted by Gasteiger charge is 2.43. The van der Waals surface area contributed by atoms with Crippen LogP contribution in [0.1, 0.15) is 109 Å². The monoisotopic (exact) mass is 474 g/mol. The van der Waals surface area contributed by atoms with Gasteiger partial charge in [-0.1, -0.05) is 45.1 Å². The molecule has 0 bridgehead atoms. The molecular formula is C29H46O5. The number of hydrogen-bond donors (Lipinski definition) is 3. The van der Waals surface area contributed by atoms with Crippen molar-refractivity contribution in [1.29, 1.82) is 0 Å². The van der Waals surface area contributed by atoms with Crippen LogP contribution < -0.4 is 4.74 Å². The summed E-state index contributed by atoms with van der Waals surface area (Å²) in [5, 5.41) is 30.0. The third kappa shape index (κ3) is 7.98. The van der Waals surface area contributed by atoms with Gasteiger partial charge in [-0.15, -0.1) is 0 Å². The van der Waals surface area contributed by atoms with Gasteiger partial charge in [0.15, 0.2) is 11.5 Å².